The number of ether oxygens (including phenoxy) is 2. The van der Waals surface area contributed by atoms with Gasteiger partial charge in [0.15, 0.2) is 0 Å². The average molecular weight is 286 g/mol. The van der Waals surface area contributed by atoms with E-state index in [0.717, 1.165) is 23.4 Å². The first-order valence-electron chi connectivity index (χ1n) is 7.11. The van der Waals surface area contributed by atoms with Gasteiger partial charge in [-0.15, -0.1) is 0 Å². The van der Waals surface area contributed by atoms with Crippen molar-refractivity contribution in [1.82, 2.24) is 10.3 Å². The Bertz CT molecular complexity index is 553. The third-order valence-corrected chi connectivity index (χ3v) is 2.94. The number of hydrogen-bond donors (Lipinski definition) is 1. The Morgan fingerprint density at radius 2 is 2.00 bits per heavy atom. The predicted molar refractivity (Wildman–Crippen MR) is 83.4 cm³/mol. The zero-order chi connectivity index (χ0) is 15.1. The van der Waals surface area contributed by atoms with Crippen LogP contribution >= 0.6 is 0 Å². The van der Waals surface area contributed by atoms with E-state index in [2.05, 4.69) is 24.1 Å². The van der Waals surface area contributed by atoms with Gasteiger partial charge in [0, 0.05) is 32.0 Å². The first kappa shape index (κ1) is 15.5. The van der Waals surface area contributed by atoms with Crippen LogP contribution in [-0.2, 0) is 17.9 Å². The molecule has 0 aliphatic rings. The molecule has 0 aliphatic carbocycles. The van der Waals surface area contributed by atoms with Crippen molar-refractivity contribution in [3.05, 3.63) is 53.7 Å². The van der Waals surface area contributed by atoms with Crippen molar-refractivity contribution in [2.45, 2.75) is 33.0 Å². The van der Waals surface area contributed by atoms with Crippen LogP contribution in [0.2, 0.25) is 0 Å². The second kappa shape index (κ2) is 7.76. The number of hydrogen-bond acceptors (Lipinski definition) is 4. The molecule has 1 heterocycles. The molecule has 0 fully saturated rings. The van der Waals surface area contributed by atoms with Crippen molar-refractivity contribution in [3.8, 4) is 11.6 Å². The highest BCUT2D eigenvalue weighted by Gasteiger charge is 2.01. The summed E-state index contributed by atoms with van der Waals surface area (Å²) in [5, 5.41) is 3.36. The highest BCUT2D eigenvalue weighted by molar-refractivity contribution is 5.31. The number of pyridine rings is 1. The normalized spacial score (nSPS) is 10.9. The molecule has 4 nitrogen and oxygen atoms in total. The molecule has 0 amide bonds. The van der Waals surface area contributed by atoms with Crippen LogP contribution < -0.4 is 10.1 Å². The van der Waals surface area contributed by atoms with Crippen LogP contribution in [0.5, 0.6) is 11.6 Å². The molecule has 0 atom stereocenters. The van der Waals surface area contributed by atoms with Crippen LogP contribution in [0.15, 0.2) is 42.6 Å². The summed E-state index contributed by atoms with van der Waals surface area (Å²) in [6.07, 6.45) is 1.84. The van der Waals surface area contributed by atoms with E-state index in [1.165, 1.54) is 0 Å². The molecule has 112 valence electrons. The molecule has 4 heteroatoms. The Hall–Kier alpha value is -1.91. The molecular weight excluding hydrogens is 264 g/mol. The number of aromatic nitrogens is 1. The molecule has 0 radical (unpaired) electrons. The number of nitrogens with zero attached hydrogens (tertiary/aromatic N) is 1. The summed E-state index contributed by atoms with van der Waals surface area (Å²) in [5.41, 5.74) is 2.22. The van der Waals surface area contributed by atoms with Gasteiger partial charge in [-0.3, -0.25) is 0 Å². The number of benzene rings is 1. The maximum Gasteiger partial charge on any atom is 0.219 e. The van der Waals surface area contributed by atoms with E-state index in [9.17, 15) is 0 Å². The van der Waals surface area contributed by atoms with Crippen molar-refractivity contribution < 1.29 is 9.47 Å². The molecule has 0 saturated carbocycles. The van der Waals surface area contributed by atoms with Crippen molar-refractivity contribution >= 4 is 0 Å². The fraction of sp³-hybridized carbons (Fsp3) is 0.353. The molecule has 1 aromatic heterocycles. The van der Waals surface area contributed by atoms with Gasteiger partial charge in [0.05, 0.1) is 6.61 Å². The highest BCUT2D eigenvalue weighted by Crippen LogP contribution is 2.20. The maximum absolute atomic E-state index is 5.76. The van der Waals surface area contributed by atoms with E-state index < -0.39 is 0 Å². The van der Waals surface area contributed by atoms with E-state index in [-0.39, 0.29) is 0 Å². The van der Waals surface area contributed by atoms with Gasteiger partial charge in [0.25, 0.3) is 0 Å². The van der Waals surface area contributed by atoms with Crippen LogP contribution in [0, 0.1) is 0 Å². The largest absolute Gasteiger partial charge is 0.439 e. The molecule has 0 aliphatic heterocycles. The zero-order valence-corrected chi connectivity index (χ0v) is 12.8. The van der Waals surface area contributed by atoms with Gasteiger partial charge in [-0.05, 0) is 23.3 Å². The monoisotopic (exact) mass is 286 g/mol. The fourth-order valence-corrected chi connectivity index (χ4v) is 1.88. The number of methoxy groups -OCH3 is 1. The topological polar surface area (TPSA) is 43.4 Å². The number of nitrogens with one attached hydrogen (secondary N) is 1. The first-order chi connectivity index (χ1) is 10.2. The summed E-state index contributed by atoms with van der Waals surface area (Å²) in [5.74, 6) is 1.36. The summed E-state index contributed by atoms with van der Waals surface area (Å²) < 4.78 is 10.9. The fourth-order valence-electron chi connectivity index (χ4n) is 1.88. The second-order valence-corrected chi connectivity index (χ2v) is 5.22. The lowest BCUT2D eigenvalue weighted by atomic mass is 10.2. The van der Waals surface area contributed by atoms with Crippen molar-refractivity contribution in [1.29, 1.82) is 0 Å². The minimum absolute atomic E-state index is 0.462. The maximum atomic E-state index is 5.76. The third kappa shape index (κ3) is 5.17. The third-order valence-electron chi connectivity index (χ3n) is 2.94. The van der Waals surface area contributed by atoms with Crippen LogP contribution in [0.3, 0.4) is 0 Å². The van der Waals surface area contributed by atoms with E-state index in [4.69, 9.17) is 9.47 Å². The van der Waals surface area contributed by atoms with Gasteiger partial charge < -0.3 is 14.8 Å². The van der Waals surface area contributed by atoms with E-state index in [1.807, 2.05) is 42.6 Å². The smallest absolute Gasteiger partial charge is 0.219 e. The lowest BCUT2D eigenvalue weighted by Gasteiger charge is -2.09. The van der Waals surface area contributed by atoms with Gasteiger partial charge in [-0.1, -0.05) is 32.0 Å². The molecule has 0 saturated heterocycles. The van der Waals surface area contributed by atoms with Crippen molar-refractivity contribution in [2.75, 3.05) is 7.11 Å². The Kier molecular flexibility index (Phi) is 5.72. The summed E-state index contributed by atoms with van der Waals surface area (Å²) in [6, 6.07) is 12.2. The summed E-state index contributed by atoms with van der Waals surface area (Å²) >= 11 is 0. The first-order valence-corrected chi connectivity index (χ1v) is 7.11. The van der Waals surface area contributed by atoms with Gasteiger partial charge in [-0.2, -0.15) is 0 Å². The minimum Gasteiger partial charge on any atom is -0.439 e. The van der Waals surface area contributed by atoms with Crippen molar-refractivity contribution in [2.24, 2.45) is 0 Å². The Morgan fingerprint density at radius 1 is 1.14 bits per heavy atom. The van der Waals surface area contributed by atoms with Gasteiger partial charge in [0.2, 0.25) is 5.88 Å². The molecule has 0 spiro atoms. The molecule has 0 bridgehead atoms. The van der Waals surface area contributed by atoms with E-state index >= 15 is 0 Å². The van der Waals surface area contributed by atoms with Crippen LogP contribution in [0.4, 0.5) is 0 Å². The SMILES string of the molecule is COCc1cccc(Oc2ccc(CNC(C)C)cn2)c1. The Morgan fingerprint density at radius 3 is 2.67 bits per heavy atom. The highest BCUT2D eigenvalue weighted by atomic mass is 16.5. The molecular formula is C17H22N2O2. The summed E-state index contributed by atoms with van der Waals surface area (Å²) in [7, 11) is 1.68. The molecule has 2 rings (SSSR count). The average Bonchev–Trinajstić information content (AvgIpc) is 2.47. The molecule has 2 aromatic rings. The molecule has 21 heavy (non-hydrogen) atoms. The number of rotatable bonds is 7. The van der Waals surface area contributed by atoms with Crippen LogP contribution in [-0.4, -0.2) is 18.1 Å². The predicted octanol–water partition coefficient (Wildman–Crippen LogP) is 3.52. The van der Waals surface area contributed by atoms with Crippen molar-refractivity contribution in [3.63, 3.8) is 0 Å². The summed E-state index contributed by atoms with van der Waals surface area (Å²) in [6.45, 7) is 5.63. The lowest BCUT2D eigenvalue weighted by Crippen LogP contribution is -2.21. The molecule has 0 unspecified atom stereocenters. The lowest BCUT2D eigenvalue weighted by molar-refractivity contribution is 0.184. The quantitative estimate of drug-likeness (QED) is 0.845. The van der Waals surface area contributed by atoms with E-state index in [0.29, 0.717) is 18.5 Å². The summed E-state index contributed by atoms with van der Waals surface area (Å²) in [4.78, 5) is 4.33. The van der Waals surface area contributed by atoms with Gasteiger partial charge in [-0.25, -0.2) is 4.98 Å². The standard InChI is InChI=1S/C17H22N2O2/c1-13(2)18-10-15-7-8-17(19-11-15)21-16-6-4-5-14(9-16)12-20-3/h4-9,11,13,18H,10,12H2,1-3H3. The van der Waals surface area contributed by atoms with Crippen LogP contribution in [0.25, 0.3) is 0 Å². The van der Waals surface area contributed by atoms with Gasteiger partial charge in [0.1, 0.15) is 5.75 Å². The molecule has 1 aromatic carbocycles. The second-order valence-electron chi connectivity index (χ2n) is 5.22. The van der Waals surface area contributed by atoms with E-state index in [1.54, 1.807) is 7.11 Å². The van der Waals surface area contributed by atoms with Gasteiger partial charge >= 0.3 is 0 Å². The Labute approximate surface area is 126 Å². The zero-order valence-electron chi connectivity index (χ0n) is 12.8. The minimum atomic E-state index is 0.462. The molecule has 1 N–H and O–H groups in total. The van der Waals surface area contributed by atoms with Crippen LogP contribution in [0.1, 0.15) is 25.0 Å². The Balaban J connectivity index is 1.98.